The lowest BCUT2D eigenvalue weighted by Crippen LogP contribution is -2.38. The van der Waals surface area contributed by atoms with E-state index in [2.05, 4.69) is 23.3 Å². The molecule has 1 aromatic heterocycles. The molecule has 1 heterocycles. The third-order valence-corrected chi connectivity index (χ3v) is 5.48. The second-order valence-corrected chi connectivity index (χ2v) is 7.18. The molecule has 3 nitrogen and oxygen atoms in total. The molecule has 112 valence electrons. The Morgan fingerprint density at radius 2 is 2.05 bits per heavy atom. The van der Waals surface area contributed by atoms with Gasteiger partial charge in [-0.1, -0.05) is 24.6 Å². The molecule has 2 aromatic rings. The summed E-state index contributed by atoms with van der Waals surface area (Å²) in [5.41, 5.74) is 1.68. The predicted octanol–water partition coefficient (Wildman–Crippen LogP) is 3.45. The molecule has 0 aliphatic heterocycles. The van der Waals surface area contributed by atoms with E-state index in [1.807, 2.05) is 17.8 Å². The average Bonchev–Trinajstić information content (AvgIpc) is 3.27. The van der Waals surface area contributed by atoms with Crippen molar-refractivity contribution >= 4 is 10.9 Å². The molecule has 4 rings (SSSR count). The van der Waals surface area contributed by atoms with Crippen molar-refractivity contribution < 1.29 is 5.11 Å². The number of aromatic nitrogens is 2. The maximum absolute atomic E-state index is 11.1. The van der Waals surface area contributed by atoms with Crippen LogP contribution in [0.3, 0.4) is 0 Å². The van der Waals surface area contributed by atoms with Gasteiger partial charge >= 0.3 is 0 Å². The van der Waals surface area contributed by atoms with E-state index in [1.165, 1.54) is 31.1 Å². The summed E-state index contributed by atoms with van der Waals surface area (Å²) in [6.07, 6.45) is 7.86. The van der Waals surface area contributed by atoms with Crippen molar-refractivity contribution in [2.45, 2.75) is 50.5 Å². The molecule has 2 aliphatic carbocycles. The van der Waals surface area contributed by atoms with Gasteiger partial charge in [-0.3, -0.25) is 4.68 Å². The van der Waals surface area contributed by atoms with Crippen molar-refractivity contribution in [2.75, 3.05) is 0 Å². The number of rotatable bonds is 3. The third kappa shape index (κ3) is 2.48. The van der Waals surface area contributed by atoms with E-state index in [-0.39, 0.29) is 0 Å². The van der Waals surface area contributed by atoms with Crippen molar-refractivity contribution in [2.24, 2.45) is 18.9 Å². The highest BCUT2D eigenvalue weighted by molar-refractivity contribution is 5.81. The third-order valence-electron chi connectivity index (χ3n) is 5.48. The predicted molar refractivity (Wildman–Crippen MR) is 84.0 cm³/mol. The smallest absolute Gasteiger partial charge is 0.0731 e. The van der Waals surface area contributed by atoms with Crippen LogP contribution in [0.5, 0.6) is 0 Å². The first-order valence-electron chi connectivity index (χ1n) is 8.28. The number of para-hydroxylation sites is 1. The first kappa shape index (κ1) is 13.3. The van der Waals surface area contributed by atoms with Crippen molar-refractivity contribution in [3.05, 3.63) is 30.0 Å². The van der Waals surface area contributed by atoms with E-state index in [4.69, 9.17) is 0 Å². The van der Waals surface area contributed by atoms with E-state index in [0.717, 1.165) is 35.9 Å². The molecule has 1 N–H and O–H groups in total. The zero-order valence-electron chi connectivity index (χ0n) is 12.8. The number of aliphatic hydroxyl groups is 1. The molecule has 0 spiro atoms. The van der Waals surface area contributed by atoms with E-state index in [0.29, 0.717) is 6.42 Å². The summed E-state index contributed by atoms with van der Waals surface area (Å²) in [4.78, 5) is 0. The van der Waals surface area contributed by atoms with Crippen molar-refractivity contribution in [3.8, 4) is 0 Å². The van der Waals surface area contributed by atoms with Crippen LogP contribution in [0.1, 0.15) is 44.2 Å². The summed E-state index contributed by atoms with van der Waals surface area (Å²) in [5.74, 6) is 1.65. The van der Waals surface area contributed by atoms with E-state index in [1.54, 1.807) is 0 Å². The lowest BCUT2D eigenvalue weighted by atomic mass is 9.74. The summed E-state index contributed by atoms with van der Waals surface area (Å²) < 4.78 is 1.94. The van der Waals surface area contributed by atoms with Crippen LogP contribution in [0, 0.1) is 11.8 Å². The summed E-state index contributed by atoms with van der Waals surface area (Å²) in [7, 11) is 1.99. The Balaban J connectivity index is 1.61. The molecule has 3 heteroatoms. The van der Waals surface area contributed by atoms with E-state index >= 15 is 0 Å². The Hall–Kier alpha value is -1.35. The van der Waals surface area contributed by atoms with Crippen molar-refractivity contribution in [1.82, 2.24) is 9.78 Å². The van der Waals surface area contributed by atoms with Crippen LogP contribution in [-0.4, -0.2) is 20.5 Å². The highest BCUT2D eigenvalue weighted by Gasteiger charge is 2.41. The maximum atomic E-state index is 11.1. The standard InChI is InChI=1S/C18H24N2O/c1-20-17-7-3-2-6-15(17)16(19-20)12-18(21)10-4-5-14(11-18)13-8-9-13/h2-3,6-7,13-14,21H,4-5,8-12H2,1H3. The monoisotopic (exact) mass is 284 g/mol. The average molecular weight is 284 g/mol. The second-order valence-electron chi connectivity index (χ2n) is 7.18. The SMILES string of the molecule is Cn1nc(CC2(O)CCCC(C3CC3)C2)c2ccccc21. The van der Waals surface area contributed by atoms with Gasteiger partial charge in [-0.2, -0.15) is 5.10 Å². The Morgan fingerprint density at radius 1 is 1.24 bits per heavy atom. The van der Waals surface area contributed by atoms with E-state index < -0.39 is 5.60 Å². The van der Waals surface area contributed by atoms with E-state index in [9.17, 15) is 5.11 Å². The quantitative estimate of drug-likeness (QED) is 0.937. The number of aryl methyl sites for hydroxylation is 1. The zero-order valence-corrected chi connectivity index (χ0v) is 12.8. The van der Waals surface area contributed by atoms with Gasteiger partial charge in [0.15, 0.2) is 0 Å². The minimum Gasteiger partial charge on any atom is -0.389 e. The molecule has 21 heavy (non-hydrogen) atoms. The van der Waals surface area contributed by atoms with Crippen molar-refractivity contribution in [1.29, 1.82) is 0 Å². The van der Waals surface area contributed by atoms with Crippen LogP contribution in [0.25, 0.3) is 10.9 Å². The zero-order chi connectivity index (χ0) is 14.4. The van der Waals surface area contributed by atoms with Gasteiger partial charge in [0.2, 0.25) is 0 Å². The molecule has 2 saturated carbocycles. The molecule has 2 unspecified atom stereocenters. The Morgan fingerprint density at radius 3 is 2.86 bits per heavy atom. The minimum atomic E-state index is -0.539. The highest BCUT2D eigenvalue weighted by Crippen LogP contribution is 2.47. The lowest BCUT2D eigenvalue weighted by molar-refractivity contribution is -0.0201. The van der Waals surface area contributed by atoms with Crippen LogP contribution >= 0.6 is 0 Å². The summed E-state index contributed by atoms with van der Waals surface area (Å²) in [6, 6.07) is 8.34. The number of benzene rings is 1. The molecule has 2 fully saturated rings. The fourth-order valence-corrected chi connectivity index (χ4v) is 4.25. The Kier molecular flexibility index (Phi) is 3.07. The molecule has 2 aliphatic rings. The van der Waals surface area contributed by atoms with Crippen molar-refractivity contribution in [3.63, 3.8) is 0 Å². The first-order chi connectivity index (χ1) is 10.1. The number of fused-ring (bicyclic) bond motifs is 1. The van der Waals surface area contributed by atoms with Gasteiger partial charge in [-0.05, 0) is 50.0 Å². The summed E-state index contributed by atoms with van der Waals surface area (Å²) >= 11 is 0. The van der Waals surface area contributed by atoms with Gasteiger partial charge in [-0.25, -0.2) is 0 Å². The van der Waals surface area contributed by atoms with Crippen LogP contribution in [-0.2, 0) is 13.5 Å². The highest BCUT2D eigenvalue weighted by atomic mass is 16.3. The molecule has 0 bridgehead atoms. The van der Waals surface area contributed by atoms with Crippen LogP contribution < -0.4 is 0 Å². The molecule has 0 saturated heterocycles. The maximum Gasteiger partial charge on any atom is 0.0731 e. The topological polar surface area (TPSA) is 38.0 Å². The molecule has 0 amide bonds. The van der Waals surface area contributed by atoms with Gasteiger partial charge in [0.05, 0.1) is 16.8 Å². The second kappa shape index (κ2) is 4.84. The number of hydrogen-bond acceptors (Lipinski definition) is 2. The fourth-order valence-electron chi connectivity index (χ4n) is 4.25. The van der Waals surface area contributed by atoms with Gasteiger partial charge in [-0.15, -0.1) is 0 Å². The Labute approximate surface area is 126 Å². The van der Waals surface area contributed by atoms with Gasteiger partial charge in [0.25, 0.3) is 0 Å². The summed E-state index contributed by atoms with van der Waals surface area (Å²) in [6.45, 7) is 0. The molecular weight excluding hydrogens is 260 g/mol. The molecular formula is C18H24N2O. The van der Waals surface area contributed by atoms with Crippen LogP contribution in [0.4, 0.5) is 0 Å². The number of hydrogen-bond donors (Lipinski definition) is 1. The molecule has 2 atom stereocenters. The molecule has 1 aromatic carbocycles. The minimum absolute atomic E-state index is 0.539. The van der Waals surface area contributed by atoms with Crippen LogP contribution in [0.15, 0.2) is 24.3 Å². The summed E-state index contributed by atoms with van der Waals surface area (Å²) in [5, 5.41) is 17.0. The largest absolute Gasteiger partial charge is 0.389 e. The van der Waals surface area contributed by atoms with Gasteiger partial charge < -0.3 is 5.11 Å². The normalized spacial score (nSPS) is 29.9. The Bertz CT molecular complexity index is 658. The van der Waals surface area contributed by atoms with Gasteiger partial charge in [0, 0.05) is 18.9 Å². The number of nitrogens with zero attached hydrogens (tertiary/aromatic N) is 2. The first-order valence-corrected chi connectivity index (χ1v) is 8.28. The molecule has 0 radical (unpaired) electrons. The lowest BCUT2D eigenvalue weighted by Gasteiger charge is -2.36. The fraction of sp³-hybridized carbons (Fsp3) is 0.611. The van der Waals surface area contributed by atoms with Gasteiger partial charge in [0.1, 0.15) is 0 Å². The van der Waals surface area contributed by atoms with Crippen LogP contribution in [0.2, 0.25) is 0 Å².